The molecule has 0 saturated carbocycles. The Balaban J connectivity index is 2.06. The molecule has 1 fully saturated rings. The van der Waals surface area contributed by atoms with Crippen LogP contribution >= 0.6 is 23.4 Å². The quantitative estimate of drug-likeness (QED) is 0.515. The second-order valence-electron chi connectivity index (χ2n) is 3.38. The summed E-state index contributed by atoms with van der Waals surface area (Å²) in [4.78, 5) is 2.56. The molecule has 1 aliphatic heterocycles. The first-order chi connectivity index (χ1) is 5.83. The monoisotopic (exact) mass is 207 g/mol. The third kappa shape index (κ3) is 4.01. The molecule has 1 saturated heterocycles. The van der Waals surface area contributed by atoms with Crippen molar-refractivity contribution < 1.29 is 0 Å². The molecule has 0 amide bonds. The van der Waals surface area contributed by atoms with Gasteiger partial charge in [-0.3, -0.25) is 0 Å². The number of hydrogen-bond donors (Lipinski definition) is 0. The molecule has 12 heavy (non-hydrogen) atoms. The number of unbranched alkanes of at least 4 members (excludes halogenated alkanes) is 1. The third-order valence-electron chi connectivity index (χ3n) is 2.18. The molecule has 1 atom stereocenters. The molecule has 1 unspecified atom stereocenters. The van der Waals surface area contributed by atoms with Crippen LogP contribution in [0.2, 0.25) is 0 Å². The molecule has 0 aromatic heterocycles. The Morgan fingerprint density at radius 2 is 2.33 bits per heavy atom. The SMILES string of the molecule is CC1CN(CCCCCl)CCS1. The van der Waals surface area contributed by atoms with E-state index < -0.39 is 0 Å². The van der Waals surface area contributed by atoms with E-state index >= 15 is 0 Å². The number of rotatable bonds is 4. The molecular formula is C9H18ClNS. The topological polar surface area (TPSA) is 3.24 Å². The Morgan fingerprint density at radius 3 is 3.00 bits per heavy atom. The molecule has 0 N–H and O–H groups in total. The first-order valence-corrected chi connectivity index (χ1v) is 6.31. The van der Waals surface area contributed by atoms with Gasteiger partial charge in [-0.15, -0.1) is 11.6 Å². The predicted octanol–water partition coefficient (Wildman–Crippen LogP) is 2.44. The summed E-state index contributed by atoms with van der Waals surface area (Å²) in [6.45, 7) is 6.11. The molecule has 0 bridgehead atoms. The van der Waals surface area contributed by atoms with Gasteiger partial charge in [-0.1, -0.05) is 6.92 Å². The Bertz CT molecular complexity index is 121. The Hall–Kier alpha value is 0.600. The summed E-state index contributed by atoms with van der Waals surface area (Å²) in [6.07, 6.45) is 2.43. The maximum absolute atomic E-state index is 5.63. The molecule has 72 valence electrons. The fourth-order valence-electron chi connectivity index (χ4n) is 1.52. The van der Waals surface area contributed by atoms with Crippen molar-refractivity contribution in [3.05, 3.63) is 0 Å². The van der Waals surface area contributed by atoms with Gasteiger partial charge in [0.1, 0.15) is 0 Å². The number of hydrogen-bond acceptors (Lipinski definition) is 2. The van der Waals surface area contributed by atoms with Crippen molar-refractivity contribution in [1.29, 1.82) is 0 Å². The minimum absolute atomic E-state index is 0.818. The van der Waals surface area contributed by atoms with Gasteiger partial charge in [-0.2, -0.15) is 11.8 Å². The van der Waals surface area contributed by atoms with Gasteiger partial charge >= 0.3 is 0 Å². The van der Waals surface area contributed by atoms with Gasteiger partial charge in [0.15, 0.2) is 0 Å². The largest absolute Gasteiger partial charge is 0.301 e. The first kappa shape index (κ1) is 10.7. The van der Waals surface area contributed by atoms with Crippen LogP contribution in [0.25, 0.3) is 0 Å². The Morgan fingerprint density at radius 1 is 1.50 bits per heavy atom. The van der Waals surface area contributed by atoms with Crippen LogP contribution in [0.15, 0.2) is 0 Å². The van der Waals surface area contributed by atoms with Crippen LogP contribution < -0.4 is 0 Å². The van der Waals surface area contributed by atoms with Gasteiger partial charge in [0.2, 0.25) is 0 Å². The van der Waals surface area contributed by atoms with E-state index in [1.54, 1.807) is 0 Å². The minimum Gasteiger partial charge on any atom is -0.301 e. The maximum atomic E-state index is 5.63. The zero-order valence-corrected chi connectivity index (χ0v) is 9.33. The van der Waals surface area contributed by atoms with Crippen LogP contribution in [0, 0.1) is 0 Å². The zero-order chi connectivity index (χ0) is 8.81. The highest BCUT2D eigenvalue weighted by Gasteiger charge is 2.15. The van der Waals surface area contributed by atoms with E-state index in [2.05, 4.69) is 23.6 Å². The number of alkyl halides is 1. The maximum Gasteiger partial charge on any atom is 0.0223 e. The highest BCUT2D eigenvalue weighted by atomic mass is 35.5. The van der Waals surface area contributed by atoms with Gasteiger partial charge in [-0.05, 0) is 19.4 Å². The summed E-state index contributed by atoms with van der Waals surface area (Å²) in [6, 6.07) is 0. The summed E-state index contributed by atoms with van der Waals surface area (Å²) >= 11 is 7.72. The fourth-order valence-corrected chi connectivity index (χ4v) is 2.79. The van der Waals surface area contributed by atoms with E-state index in [-0.39, 0.29) is 0 Å². The van der Waals surface area contributed by atoms with Crippen molar-refractivity contribution in [1.82, 2.24) is 4.90 Å². The normalized spacial score (nSPS) is 26.0. The summed E-state index contributed by atoms with van der Waals surface area (Å²) in [7, 11) is 0. The lowest BCUT2D eigenvalue weighted by atomic mass is 10.3. The summed E-state index contributed by atoms with van der Waals surface area (Å²) < 4.78 is 0. The van der Waals surface area contributed by atoms with Crippen molar-refractivity contribution in [2.45, 2.75) is 25.0 Å². The van der Waals surface area contributed by atoms with E-state index in [9.17, 15) is 0 Å². The van der Waals surface area contributed by atoms with E-state index in [1.165, 1.54) is 38.2 Å². The van der Waals surface area contributed by atoms with Crippen molar-refractivity contribution >= 4 is 23.4 Å². The molecule has 1 aliphatic rings. The summed E-state index contributed by atoms with van der Waals surface area (Å²) in [5, 5.41) is 0.828. The molecule has 1 rings (SSSR count). The van der Waals surface area contributed by atoms with Crippen LogP contribution in [0.4, 0.5) is 0 Å². The van der Waals surface area contributed by atoms with Gasteiger partial charge < -0.3 is 4.90 Å². The highest BCUT2D eigenvalue weighted by molar-refractivity contribution is 7.99. The average Bonchev–Trinajstić information content (AvgIpc) is 2.05. The molecule has 3 heteroatoms. The Labute approximate surface area is 84.8 Å². The number of thioether (sulfide) groups is 1. The average molecular weight is 208 g/mol. The smallest absolute Gasteiger partial charge is 0.0223 e. The molecular weight excluding hydrogens is 190 g/mol. The lowest BCUT2D eigenvalue weighted by Crippen LogP contribution is -2.37. The highest BCUT2D eigenvalue weighted by Crippen LogP contribution is 2.17. The molecule has 0 aromatic carbocycles. The molecule has 0 aromatic rings. The van der Waals surface area contributed by atoms with Crippen LogP contribution in [-0.4, -0.2) is 41.4 Å². The molecule has 1 nitrogen and oxygen atoms in total. The second-order valence-corrected chi connectivity index (χ2v) is 5.30. The van der Waals surface area contributed by atoms with Gasteiger partial charge in [0.05, 0.1) is 0 Å². The molecule has 0 radical (unpaired) electrons. The van der Waals surface area contributed by atoms with Crippen LogP contribution in [0.3, 0.4) is 0 Å². The fraction of sp³-hybridized carbons (Fsp3) is 1.00. The second kappa shape index (κ2) is 6.11. The minimum atomic E-state index is 0.818. The van der Waals surface area contributed by atoms with E-state index in [4.69, 9.17) is 11.6 Å². The number of nitrogens with zero attached hydrogens (tertiary/aromatic N) is 1. The van der Waals surface area contributed by atoms with Gasteiger partial charge in [0, 0.05) is 30.0 Å². The van der Waals surface area contributed by atoms with E-state index in [0.29, 0.717) is 0 Å². The third-order valence-corrected chi connectivity index (χ3v) is 3.59. The van der Waals surface area contributed by atoms with E-state index in [1.807, 2.05) is 0 Å². The van der Waals surface area contributed by atoms with Gasteiger partial charge in [-0.25, -0.2) is 0 Å². The lowest BCUT2D eigenvalue weighted by Gasteiger charge is -2.30. The summed E-state index contributed by atoms with van der Waals surface area (Å²) in [5.74, 6) is 2.13. The van der Waals surface area contributed by atoms with Crippen molar-refractivity contribution in [2.24, 2.45) is 0 Å². The van der Waals surface area contributed by atoms with Crippen LogP contribution in [-0.2, 0) is 0 Å². The predicted molar refractivity (Wildman–Crippen MR) is 58.3 cm³/mol. The lowest BCUT2D eigenvalue weighted by molar-refractivity contribution is 0.282. The first-order valence-electron chi connectivity index (χ1n) is 4.73. The van der Waals surface area contributed by atoms with Crippen molar-refractivity contribution in [3.8, 4) is 0 Å². The van der Waals surface area contributed by atoms with Crippen LogP contribution in [0.5, 0.6) is 0 Å². The molecule has 0 spiro atoms. The molecule has 1 heterocycles. The molecule has 0 aliphatic carbocycles. The van der Waals surface area contributed by atoms with Crippen molar-refractivity contribution in [2.75, 3.05) is 31.3 Å². The summed E-state index contributed by atoms with van der Waals surface area (Å²) in [5.41, 5.74) is 0. The van der Waals surface area contributed by atoms with Crippen molar-refractivity contribution in [3.63, 3.8) is 0 Å². The number of halogens is 1. The zero-order valence-electron chi connectivity index (χ0n) is 7.76. The van der Waals surface area contributed by atoms with Crippen LogP contribution in [0.1, 0.15) is 19.8 Å². The Kier molecular flexibility index (Phi) is 5.44. The van der Waals surface area contributed by atoms with E-state index in [0.717, 1.165) is 11.1 Å². The van der Waals surface area contributed by atoms with Gasteiger partial charge in [0.25, 0.3) is 0 Å². The standard InChI is InChI=1S/C9H18ClNS/c1-9-8-11(6-7-12-9)5-3-2-4-10/h9H,2-8H2,1H3.